The number of aliphatic hydroxyl groups is 1. The molecular weight excluding hydrogens is 1350 g/mol. The highest BCUT2D eigenvalue weighted by Gasteiger charge is 2.30. The first-order valence-corrected chi connectivity index (χ1v) is 47.0. The number of aliphatic hydroxyl groups excluding tert-OH is 1. The SMILES string of the molecule is CCCCCCCCCCCCCCCCCCCCC(=O)OC[C@H](COP(=O)(O)OC[C@@H](O)COP(=O)(O)OC[C@@H](COC(=O)CCCCCCCCCCCCC)OC(=O)CCCCCCCCCCCCC(C)CC)OC(=O)CCCCCCCCCCCCCCCCCCCCC(C)C. The van der Waals surface area contributed by atoms with Gasteiger partial charge in [0.25, 0.3) is 0 Å². The molecule has 0 aromatic rings. The number of rotatable bonds is 84. The number of esters is 4. The van der Waals surface area contributed by atoms with Crippen LogP contribution in [-0.2, 0) is 65.4 Å². The van der Waals surface area contributed by atoms with Crippen LogP contribution in [0, 0.1) is 11.8 Å². The molecule has 0 aliphatic heterocycles. The third-order valence-electron chi connectivity index (χ3n) is 20.3. The van der Waals surface area contributed by atoms with Crippen LogP contribution in [0.3, 0.4) is 0 Å². The Balaban J connectivity index is 5.24. The van der Waals surface area contributed by atoms with Crippen molar-refractivity contribution in [1.82, 2.24) is 0 Å². The number of ether oxygens (including phenoxy) is 4. The third-order valence-corrected chi connectivity index (χ3v) is 22.2. The highest BCUT2D eigenvalue weighted by molar-refractivity contribution is 7.47. The molecule has 3 N–H and O–H groups in total. The van der Waals surface area contributed by atoms with Crippen molar-refractivity contribution in [3.63, 3.8) is 0 Å². The van der Waals surface area contributed by atoms with Crippen molar-refractivity contribution in [2.75, 3.05) is 39.6 Å². The Morgan fingerprint density at radius 1 is 0.279 bits per heavy atom. The topological polar surface area (TPSA) is 237 Å². The highest BCUT2D eigenvalue weighted by atomic mass is 31.2. The maximum atomic E-state index is 13.1. The van der Waals surface area contributed by atoms with Crippen LogP contribution in [0.1, 0.15) is 452 Å². The average molecular weight is 1520 g/mol. The van der Waals surface area contributed by atoms with Crippen LogP contribution in [-0.4, -0.2) is 96.7 Å². The van der Waals surface area contributed by atoms with E-state index in [-0.39, 0.29) is 25.7 Å². The number of carbonyl (C=O) groups is 4. The normalized spacial score (nSPS) is 14.1. The van der Waals surface area contributed by atoms with Crippen LogP contribution in [0.5, 0.6) is 0 Å². The number of hydrogen-bond donors (Lipinski definition) is 3. The molecule has 0 bridgehead atoms. The summed E-state index contributed by atoms with van der Waals surface area (Å²) >= 11 is 0. The molecule has 0 radical (unpaired) electrons. The van der Waals surface area contributed by atoms with E-state index in [1.165, 1.54) is 270 Å². The molecule has 0 aliphatic rings. The zero-order valence-corrected chi connectivity index (χ0v) is 70.1. The monoisotopic (exact) mass is 1520 g/mol. The van der Waals surface area contributed by atoms with E-state index in [4.69, 9.17) is 37.0 Å². The van der Waals surface area contributed by atoms with E-state index in [0.29, 0.717) is 25.7 Å². The standard InChI is InChI=1S/C85H166O17P2/c1-7-10-12-14-16-18-20-21-22-23-27-30-33-37-44-50-56-62-68-83(88)96-74-80(101-84(89)69-63-57-51-45-38-34-31-28-25-24-26-29-32-36-41-47-53-59-65-77(4)5)75-99-103(91,92)97-71-79(86)72-98-104(93,94)100-76-81(73-95-82(87)67-61-55-49-43-35-19-17-15-13-11-8-2)102-85(90)70-64-58-52-46-40-39-42-48-54-60-66-78(6)9-3/h77-81,86H,7-76H2,1-6H3,(H,91,92)(H,93,94)/t78?,79-,80-,81-/m1/s1. The molecule has 0 aliphatic carbocycles. The van der Waals surface area contributed by atoms with Crippen LogP contribution in [0.4, 0.5) is 0 Å². The fourth-order valence-electron chi connectivity index (χ4n) is 13.2. The molecule has 0 heterocycles. The summed E-state index contributed by atoms with van der Waals surface area (Å²) in [6.07, 6.45) is 67.9. The van der Waals surface area contributed by atoms with Crippen molar-refractivity contribution in [2.45, 2.75) is 471 Å². The quantitative estimate of drug-likeness (QED) is 0.0222. The lowest BCUT2D eigenvalue weighted by molar-refractivity contribution is -0.161. The van der Waals surface area contributed by atoms with Gasteiger partial charge in [0, 0.05) is 25.7 Å². The smallest absolute Gasteiger partial charge is 0.462 e. The van der Waals surface area contributed by atoms with Crippen LogP contribution < -0.4 is 0 Å². The van der Waals surface area contributed by atoms with Gasteiger partial charge in [0.05, 0.1) is 26.4 Å². The Labute approximate surface area is 638 Å². The summed E-state index contributed by atoms with van der Waals surface area (Å²) in [7, 11) is -9.93. The summed E-state index contributed by atoms with van der Waals surface area (Å²) in [5.41, 5.74) is 0. The van der Waals surface area contributed by atoms with Crippen LogP contribution in [0.25, 0.3) is 0 Å². The van der Waals surface area contributed by atoms with E-state index in [0.717, 1.165) is 102 Å². The minimum Gasteiger partial charge on any atom is -0.462 e. The second-order valence-electron chi connectivity index (χ2n) is 31.3. The lowest BCUT2D eigenvalue weighted by Crippen LogP contribution is -2.30. The first-order chi connectivity index (χ1) is 50.4. The minimum atomic E-state index is -4.97. The molecular formula is C85H166O17P2. The molecule has 19 heteroatoms. The molecule has 0 spiro atoms. The molecule has 0 aromatic carbocycles. The van der Waals surface area contributed by atoms with Gasteiger partial charge in [0.15, 0.2) is 12.2 Å². The first kappa shape index (κ1) is 102. The van der Waals surface area contributed by atoms with Crippen molar-refractivity contribution in [1.29, 1.82) is 0 Å². The van der Waals surface area contributed by atoms with Crippen molar-refractivity contribution in [2.24, 2.45) is 11.8 Å². The van der Waals surface area contributed by atoms with Crippen LogP contribution in [0.15, 0.2) is 0 Å². The second-order valence-corrected chi connectivity index (χ2v) is 34.2. The zero-order chi connectivity index (χ0) is 76.4. The van der Waals surface area contributed by atoms with Gasteiger partial charge in [-0.05, 0) is 37.5 Å². The van der Waals surface area contributed by atoms with Gasteiger partial charge in [-0.25, -0.2) is 9.13 Å². The van der Waals surface area contributed by atoms with Crippen molar-refractivity contribution in [3.8, 4) is 0 Å². The fourth-order valence-corrected chi connectivity index (χ4v) is 14.8. The summed E-state index contributed by atoms with van der Waals surface area (Å²) in [6.45, 7) is 9.72. The number of phosphoric acid groups is 2. The van der Waals surface area contributed by atoms with Crippen LogP contribution in [0.2, 0.25) is 0 Å². The molecule has 618 valence electrons. The molecule has 3 unspecified atom stereocenters. The molecule has 0 aromatic heterocycles. The molecule has 0 saturated carbocycles. The summed E-state index contributed by atoms with van der Waals surface area (Å²) in [4.78, 5) is 73.2. The molecule has 6 atom stereocenters. The van der Waals surface area contributed by atoms with Gasteiger partial charge in [0.2, 0.25) is 0 Å². The molecule has 0 fully saturated rings. The Kier molecular flexibility index (Phi) is 75.0. The maximum absolute atomic E-state index is 13.1. The Bertz CT molecular complexity index is 2000. The predicted molar refractivity (Wildman–Crippen MR) is 428 cm³/mol. The van der Waals surface area contributed by atoms with Gasteiger partial charge in [-0.2, -0.15) is 0 Å². The third kappa shape index (κ3) is 76.8. The van der Waals surface area contributed by atoms with Gasteiger partial charge in [-0.15, -0.1) is 0 Å². The van der Waals surface area contributed by atoms with E-state index in [2.05, 4.69) is 41.5 Å². The molecule has 0 rings (SSSR count). The summed E-state index contributed by atoms with van der Waals surface area (Å²) in [5.74, 6) is -0.479. The van der Waals surface area contributed by atoms with E-state index >= 15 is 0 Å². The second kappa shape index (κ2) is 76.4. The lowest BCUT2D eigenvalue weighted by atomic mass is 9.99. The van der Waals surface area contributed by atoms with Gasteiger partial charge in [-0.3, -0.25) is 37.3 Å². The van der Waals surface area contributed by atoms with E-state index < -0.39 is 97.5 Å². The van der Waals surface area contributed by atoms with Crippen molar-refractivity contribution < 1.29 is 80.2 Å². The Morgan fingerprint density at radius 2 is 0.490 bits per heavy atom. The first-order valence-electron chi connectivity index (χ1n) is 44.0. The molecule has 104 heavy (non-hydrogen) atoms. The van der Waals surface area contributed by atoms with Gasteiger partial charge in [-0.1, -0.05) is 401 Å². The fraction of sp³-hybridized carbons (Fsp3) is 0.953. The number of unbranched alkanes of at least 4 members (excludes halogenated alkanes) is 53. The number of carbonyl (C=O) groups excluding carboxylic acids is 4. The van der Waals surface area contributed by atoms with Gasteiger partial charge in [0.1, 0.15) is 19.3 Å². The summed E-state index contributed by atoms with van der Waals surface area (Å²) in [5, 5.41) is 10.7. The van der Waals surface area contributed by atoms with Gasteiger partial charge < -0.3 is 33.8 Å². The zero-order valence-electron chi connectivity index (χ0n) is 68.3. The van der Waals surface area contributed by atoms with E-state index in [9.17, 15) is 43.2 Å². The molecule has 0 saturated heterocycles. The van der Waals surface area contributed by atoms with Crippen molar-refractivity contribution >= 4 is 39.5 Å². The summed E-state index contributed by atoms with van der Waals surface area (Å²) < 4.78 is 68.9. The summed E-state index contributed by atoms with van der Waals surface area (Å²) in [6, 6.07) is 0. The van der Waals surface area contributed by atoms with Crippen LogP contribution >= 0.6 is 15.6 Å². The minimum absolute atomic E-state index is 0.107. The maximum Gasteiger partial charge on any atom is 0.472 e. The largest absolute Gasteiger partial charge is 0.472 e. The molecule has 0 amide bonds. The Hall–Kier alpha value is -1.94. The lowest BCUT2D eigenvalue weighted by Gasteiger charge is -2.21. The van der Waals surface area contributed by atoms with Gasteiger partial charge >= 0.3 is 39.5 Å². The molecule has 17 nitrogen and oxygen atoms in total. The average Bonchev–Trinajstić information content (AvgIpc) is 0.904. The number of phosphoric ester groups is 2. The van der Waals surface area contributed by atoms with Crippen molar-refractivity contribution in [3.05, 3.63) is 0 Å². The number of hydrogen-bond acceptors (Lipinski definition) is 15. The highest BCUT2D eigenvalue weighted by Crippen LogP contribution is 2.45. The van der Waals surface area contributed by atoms with E-state index in [1.54, 1.807) is 0 Å². The van der Waals surface area contributed by atoms with E-state index in [1.807, 2.05) is 0 Å². The predicted octanol–water partition coefficient (Wildman–Crippen LogP) is 25.8. The Morgan fingerprint density at radius 3 is 0.731 bits per heavy atom.